The van der Waals surface area contributed by atoms with Crippen LogP contribution in [0.3, 0.4) is 0 Å². The normalized spacial score (nSPS) is 10.9. The highest BCUT2D eigenvalue weighted by molar-refractivity contribution is 5.83. The number of para-hydroxylation sites is 2. The molecule has 0 fully saturated rings. The molecule has 5 heteroatoms. The van der Waals surface area contributed by atoms with Gasteiger partial charge in [-0.05, 0) is 35.9 Å². The molecule has 0 amide bonds. The van der Waals surface area contributed by atoms with Gasteiger partial charge in [0.15, 0.2) is 5.43 Å². The summed E-state index contributed by atoms with van der Waals surface area (Å²) in [5, 5.41) is 7.45. The second-order valence-corrected chi connectivity index (χ2v) is 7.84. The third-order valence-corrected chi connectivity index (χ3v) is 5.49. The summed E-state index contributed by atoms with van der Waals surface area (Å²) in [5.41, 5.74) is 4.73. The van der Waals surface area contributed by atoms with Crippen LogP contribution in [0.4, 0.5) is 11.5 Å². The topological polar surface area (TPSA) is 59.0 Å². The summed E-state index contributed by atoms with van der Waals surface area (Å²) in [6, 6.07) is 33.8. The minimum absolute atomic E-state index is 0.0630. The molecular weight excluding hydrogens is 408 g/mol. The maximum absolute atomic E-state index is 13.0. The fraction of sp³-hybridized carbons (Fsp3) is 0.0714. The van der Waals surface area contributed by atoms with E-state index in [9.17, 15) is 4.79 Å². The third-order valence-electron chi connectivity index (χ3n) is 5.49. The van der Waals surface area contributed by atoms with E-state index in [1.165, 1.54) is 5.56 Å². The van der Waals surface area contributed by atoms with Crippen molar-refractivity contribution in [1.29, 1.82) is 0 Å². The van der Waals surface area contributed by atoms with E-state index in [2.05, 4.69) is 32.3 Å². The molecule has 5 rings (SSSR count). The smallest absolute Gasteiger partial charge is 0.193 e. The molecule has 3 aromatic carbocycles. The average molecular weight is 433 g/mol. The van der Waals surface area contributed by atoms with Gasteiger partial charge in [0.1, 0.15) is 5.82 Å². The van der Waals surface area contributed by atoms with Gasteiger partial charge < -0.3 is 10.6 Å². The van der Waals surface area contributed by atoms with Crippen molar-refractivity contribution in [2.24, 2.45) is 0 Å². The van der Waals surface area contributed by atoms with Crippen LogP contribution in [0.5, 0.6) is 0 Å². The van der Waals surface area contributed by atoms with Crippen molar-refractivity contribution < 1.29 is 0 Å². The van der Waals surface area contributed by atoms with Gasteiger partial charge in [0.25, 0.3) is 0 Å². The molecule has 33 heavy (non-hydrogen) atoms. The molecule has 5 aromatic rings. The monoisotopic (exact) mass is 432 g/mol. The van der Waals surface area contributed by atoms with Crippen LogP contribution in [0.25, 0.3) is 16.6 Å². The first kappa shape index (κ1) is 20.7. The summed E-state index contributed by atoms with van der Waals surface area (Å²) in [7, 11) is 0. The Morgan fingerprint density at radius 2 is 1.42 bits per heavy atom. The van der Waals surface area contributed by atoms with Crippen LogP contribution in [0.2, 0.25) is 0 Å². The standard InChI is InChI=1S/C28H24N4O/c33-27-17-28(31-22-12-6-2-7-13-22)32(24-14-8-3-9-15-24)26-16-23(30-20-25(26)27)19-29-18-21-10-4-1-5-11-21/h1-17,20,29,31H,18-19H2. The van der Waals surface area contributed by atoms with Gasteiger partial charge in [0, 0.05) is 36.7 Å². The molecule has 0 unspecified atom stereocenters. The van der Waals surface area contributed by atoms with Gasteiger partial charge in [-0.1, -0.05) is 66.7 Å². The molecule has 5 nitrogen and oxygen atoms in total. The Morgan fingerprint density at radius 3 is 2.15 bits per heavy atom. The number of benzene rings is 3. The van der Waals surface area contributed by atoms with Crippen LogP contribution in [0.1, 0.15) is 11.3 Å². The Labute approximate surface area is 192 Å². The van der Waals surface area contributed by atoms with Crippen molar-refractivity contribution in [3.05, 3.63) is 131 Å². The molecule has 0 aliphatic carbocycles. The number of nitrogens with zero attached hydrogens (tertiary/aromatic N) is 2. The third kappa shape index (κ3) is 4.68. The van der Waals surface area contributed by atoms with Crippen LogP contribution in [-0.4, -0.2) is 9.55 Å². The van der Waals surface area contributed by atoms with Crippen molar-refractivity contribution in [2.75, 3.05) is 5.32 Å². The van der Waals surface area contributed by atoms with Crippen molar-refractivity contribution in [2.45, 2.75) is 13.1 Å². The zero-order valence-electron chi connectivity index (χ0n) is 18.1. The zero-order chi connectivity index (χ0) is 22.5. The lowest BCUT2D eigenvalue weighted by Gasteiger charge is -2.19. The Kier molecular flexibility index (Phi) is 5.95. The Morgan fingerprint density at radius 1 is 0.758 bits per heavy atom. The first-order chi connectivity index (χ1) is 16.3. The fourth-order valence-corrected chi connectivity index (χ4v) is 3.90. The average Bonchev–Trinajstić information content (AvgIpc) is 2.86. The van der Waals surface area contributed by atoms with Crippen molar-refractivity contribution >= 4 is 22.4 Å². The van der Waals surface area contributed by atoms with E-state index in [-0.39, 0.29) is 5.43 Å². The van der Waals surface area contributed by atoms with Gasteiger partial charge in [-0.15, -0.1) is 0 Å². The molecule has 0 spiro atoms. The minimum Gasteiger partial charge on any atom is -0.341 e. The molecule has 2 heterocycles. The molecule has 2 aromatic heterocycles. The number of hydrogen-bond acceptors (Lipinski definition) is 4. The van der Waals surface area contributed by atoms with Gasteiger partial charge in [-0.25, -0.2) is 0 Å². The van der Waals surface area contributed by atoms with Gasteiger partial charge in [-0.3, -0.25) is 14.3 Å². The van der Waals surface area contributed by atoms with E-state index >= 15 is 0 Å². The molecule has 0 aliphatic heterocycles. The maximum Gasteiger partial charge on any atom is 0.193 e. The maximum atomic E-state index is 13.0. The predicted octanol–water partition coefficient (Wildman–Crippen LogP) is 5.42. The van der Waals surface area contributed by atoms with E-state index in [0.29, 0.717) is 17.7 Å². The number of nitrogens with one attached hydrogen (secondary N) is 2. The molecule has 0 aliphatic rings. The number of fused-ring (bicyclic) bond motifs is 1. The second-order valence-electron chi connectivity index (χ2n) is 7.84. The summed E-state index contributed by atoms with van der Waals surface area (Å²) in [4.78, 5) is 17.5. The SMILES string of the molecule is O=c1cc(Nc2ccccc2)n(-c2ccccc2)c2cc(CNCc3ccccc3)ncc12. The van der Waals surface area contributed by atoms with Crippen molar-refractivity contribution in [3.63, 3.8) is 0 Å². The first-order valence-electron chi connectivity index (χ1n) is 10.9. The lowest BCUT2D eigenvalue weighted by atomic mass is 10.2. The molecule has 2 N–H and O–H groups in total. The Hall–Kier alpha value is -4.22. The van der Waals surface area contributed by atoms with Crippen molar-refractivity contribution in [1.82, 2.24) is 14.9 Å². The molecule has 0 atom stereocenters. The van der Waals surface area contributed by atoms with Crippen LogP contribution < -0.4 is 16.1 Å². The molecule has 162 valence electrons. The number of aromatic nitrogens is 2. The highest BCUT2D eigenvalue weighted by Gasteiger charge is 2.13. The summed E-state index contributed by atoms with van der Waals surface area (Å²) in [6.45, 7) is 1.35. The van der Waals surface area contributed by atoms with Gasteiger partial charge in [0.2, 0.25) is 0 Å². The number of rotatable bonds is 7. The van der Waals surface area contributed by atoms with Crippen LogP contribution in [0.15, 0.2) is 114 Å². The largest absolute Gasteiger partial charge is 0.341 e. The van der Waals surface area contributed by atoms with Crippen LogP contribution >= 0.6 is 0 Å². The summed E-state index contributed by atoms with van der Waals surface area (Å²) < 4.78 is 2.08. The predicted molar refractivity (Wildman–Crippen MR) is 134 cm³/mol. The van der Waals surface area contributed by atoms with Gasteiger partial charge >= 0.3 is 0 Å². The van der Waals surface area contributed by atoms with Gasteiger partial charge in [0.05, 0.1) is 16.6 Å². The number of pyridine rings is 2. The molecule has 0 bridgehead atoms. The molecular formula is C28H24N4O. The van der Waals surface area contributed by atoms with E-state index in [1.807, 2.05) is 84.9 Å². The number of anilines is 2. The molecule has 0 saturated heterocycles. The highest BCUT2D eigenvalue weighted by Crippen LogP contribution is 2.25. The van der Waals surface area contributed by atoms with E-state index in [4.69, 9.17) is 0 Å². The Balaban J connectivity index is 1.56. The lowest BCUT2D eigenvalue weighted by Crippen LogP contribution is -2.16. The molecule has 0 radical (unpaired) electrons. The Bertz CT molecular complexity index is 1420. The quantitative estimate of drug-likeness (QED) is 0.361. The first-order valence-corrected chi connectivity index (χ1v) is 10.9. The highest BCUT2D eigenvalue weighted by atomic mass is 16.1. The van der Waals surface area contributed by atoms with E-state index in [0.717, 1.165) is 29.1 Å². The second kappa shape index (κ2) is 9.51. The van der Waals surface area contributed by atoms with Gasteiger partial charge in [-0.2, -0.15) is 0 Å². The minimum atomic E-state index is -0.0630. The summed E-state index contributed by atoms with van der Waals surface area (Å²) >= 11 is 0. The lowest BCUT2D eigenvalue weighted by molar-refractivity contribution is 0.680. The fourth-order valence-electron chi connectivity index (χ4n) is 3.90. The zero-order valence-corrected chi connectivity index (χ0v) is 18.1. The number of hydrogen-bond donors (Lipinski definition) is 2. The molecule has 0 saturated carbocycles. The van der Waals surface area contributed by atoms with Crippen LogP contribution in [0, 0.1) is 0 Å². The summed E-state index contributed by atoms with van der Waals surface area (Å²) in [5.74, 6) is 0.708. The van der Waals surface area contributed by atoms with Crippen LogP contribution in [-0.2, 0) is 13.1 Å². The summed E-state index contributed by atoms with van der Waals surface area (Å²) in [6.07, 6.45) is 1.68. The van der Waals surface area contributed by atoms with E-state index < -0.39 is 0 Å². The van der Waals surface area contributed by atoms with Crippen molar-refractivity contribution in [3.8, 4) is 5.69 Å². The van der Waals surface area contributed by atoms with E-state index in [1.54, 1.807) is 12.3 Å².